The summed E-state index contributed by atoms with van der Waals surface area (Å²) in [4.78, 5) is 16.0. The Morgan fingerprint density at radius 1 is 1.08 bits per heavy atom. The summed E-state index contributed by atoms with van der Waals surface area (Å²) >= 11 is 1.55. The average molecular weight is 546 g/mol. The van der Waals surface area contributed by atoms with Crippen LogP contribution in [0.5, 0.6) is 17.2 Å². The molecule has 0 bridgehead atoms. The number of hydrogen-bond donors (Lipinski definition) is 3. The van der Waals surface area contributed by atoms with Gasteiger partial charge in [-0.2, -0.15) is 0 Å². The van der Waals surface area contributed by atoms with Gasteiger partial charge in [-0.25, -0.2) is 9.97 Å². The first-order valence-corrected chi connectivity index (χ1v) is 13.7. The van der Waals surface area contributed by atoms with E-state index in [1.54, 1.807) is 23.0 Å². The molecule has 0 spiro atoms. The van der Waals surface area contributed by atoms with Crippen molar-refractivity contribution in [2.24, 2.45) is 0 Å². The first kappa shape index (κ1) is 26.5. The molecule has 1 aliphatic heterocycles. The van der Waals surface area contributed by atoms with E-state index in [4.69, 9.17) is 25.4 Å². The molecule has 2 aromatic carbocycles. The van der Waals surface area contributed by atoms with Crippen LogP contribution in [-0.4, -0.2) is 65.0 Å². The van der Waals surface area contributed by atoms with Crippen LogP contribution in [0.1, 0.15) is 22.4 Å². The van der Waals surface area contributed by atoms with Gasteiger partial charge < -0.3 is 25.3 Å². The number of nitrogens with one attached hydrogen (secondary N) is 2. The molecule has 4 N–H and O–H groups in total. The van der Waals surface area contributed by atoms with Gasteiger partial charge in [-0.1, -0.05) is 6.07 Å². The number of nitrogens with two attached hydrogens (primary N) is 1. The highest BCUT2D eigenvalue weighted by Crippen LogP contribution is 2.28. The quantitative estimate of drug-likeness (QED) is 0.175. The lowest BCUT2D eigenvalue weighted by Gasteiger charge is -2.26. The molecule has 0 saturated carbocycles. The van der Waals surface area contributed by atoms with E-state index in [0.717, 1.165) is 44.1 Å². The molecule has 0 aliphatic carbocycles. The van der Waals surface area contributed by atoms with Gasteiger partial charge in [-0.15, -0.1) is 11.3 Å². The minimum absolute atomic E-state index is 0.244. The lowest BCUT2D eigenvalue weighted by molar-refractivity contribution is 0.0378. The zero-order chi connectivity index (χ0) is 26.9. The van der Waals surface area contributed by atoms with Gasteiger partial charge in [-0.05, 0) is 49.4 Å². The fraction of sp³-hybridized carbons (Fsp3) is 0.286. The monoisotopic (exact) mass is 545 g/mol. The minimum Gasteiger partial charge on any atom is -0.488 e. The lowest BCUT2D eigenvalue weighted by Crippen LogP contribution is -2.37. The van der Waals surface area contributed by atoms with E-state index in [2.05, 4.69) is 25.2 Å². The van der Waals surface area contributed by atoms with Crippen molar-refractivity contribution in [2.45, 2.75) is 13.0 Å². The number of hydrogen-bond acceptors (Lipinski definition) is 11. The normalized spacial score (nSPS) is 13.6. The van der Waals surface area contributed by atoms with E-state index in [-0.39, 0.29) is 11.5 Å². The van der Waals surface area contributed by atoms with E-state index in [9.17, 15) is 0 Å². The van der Waals surface area contributed by atoms with Gasteiger partial charge in [0.25, 0.3) is 0 Å². The van der Waals surface area contributed by atoms with Crippen LogP contribution in [0.3, 0.4) is 0 Å². The van der Waals surface area contributed by atoms with Crippen LogP contribution in [0, 0.1) is 5.41 Å². The average Bonchev–Trinajstić information content (AvgIpc) is 3.49. The largest absolute Gasteiger partial charge is 0.488 e. The van der Waals surface area contributed by atoms with Gasteiger partial charge >= 0.3 is 0 Å². The van der Waals surface area contributed by atoms with Crippen LogP contribution in [0.25, 0.3) is 0 Å². The van der Waals surface area contributed by atoms with Gasteiger partial charge in [0.05, 0.1) is 34.9 Å². The predicted octanol–water partition coefficient (Wildman–Crippen LogP) is 4.44. The maximum Gasteiger partial charge on any atom is 0.141 e. The Labute approximate surface area is 231 Å². The van der Waals surface area contributed by atoms with Crippen molar-refractivity contribution in [3.63, 3.8) is 0 Å². The van der Waals surface area contributed by atoms with Crippen LogP contribution in [0.2, 0.25) is 0 Å². The van der Waals surface area contributed by atoms with Crippen molar-refractivity contribution in [1.29, 1.82) is 5.41 Å². The fourth-order valence-corrected chi connectivity index (χ4v) is 4.69. The molecular weight excluding hydrogens is 514 g/mol. The van der Waals surface area contributed by atoms with Crippen molar-refractivity contribution in [2.75, 3.05) is 50.4 Å². The highest BCUT2D eigenvalue weighted by Gasteiger charge is 2.17. The number of aromatic nitrogens is 3. The van der Waals surface area contributed by atoms with Crippen LogP contribution in [0.4, 0.5) is 11.6 Å². The number of nitrogen functional groups attached to an aromatic ring is 1. The summed E-state index contributed by atoms with van der Waals surface area (Å²) in [7, 11) is 0. The Kier molecular flexibility index (Phi) is 8.94. The summed E-state index contributed by atoms with van der Waals surface area (Å²) in [5.74, 6) is 2.84. The molecule has 1 aliphatic rings. The molecule has 11 heteroatoms. The molecule has 5 rings (SSSR count). The van der Waals surface area contributed by atoms with Crippen molar-refractivity contribution in [1.82, 2.24) is 19.9 Å². The molecule has 0 radical (unpaired) electrons. The molecule has 1 saturated heterocycles. The summed E-state index contributed by atoms with van der Waals surface area (Å²) in [6.45, 7) is 5.65. The zero-order valence-electron chi connectivity index (χ0n) is 21.5. The van der Waals surface area contributed by atoms with Crippen molar-refractivity contribution in [3.8, 4) is 17.2 Å². The Morgan fingerprint density at radius 2 is 1.90 bits per heavy atom. The second kappa shape index (κ2) is 13.1. The van der Waals surface area contributed by atoms with E-state index in [1.165, 1.54) is 6.33 Å². The number of rotatable bonds is 12. The van der Waals surface area contributed by atoms with E-state index >= 15 is 0 Å². The molecule has 39 heavy (non-hydrogen) atoms. The molecule has 0 unspecified atom stereocenters. The number of anilines is 2. The van der Waals surface area contributed by atoms with E-state index in [1.807, 2.05) is 48.5 Å². The molecule has 2 aromatic heterocycles. The number of thiazole rings is 1. The predicted molar refractivity (Wildman–Crippen MR) is 152 cm³/mol. The highest BCUT2D eigenvalue weighted by molar-refractivity contribution is 7.09. The fourth-order valence-electron chi connectivity index (χ4n) is 4.18. The van der Waals surface area contributed by atoms with Crippen LogP contribution in [-0.2, 0) is 11.3 Å². The number of morpholine rings is 1. The molecular formula is C28H31N7O3S. The number of benzene rings is 2. The van der Waals surface area contributed by atoms with Crippen molar-refractivity contribution >= 4 is 28.7 Å². The Balaban J connectivity index is 1.19. The third-order valence-corrected chi connectivity index (χ3v) is 6.98. The van der Waals surface area contributed by atoms with Crippen molar-refractivity contribution < 1.29 is 14.2 Å². The SMILES string of the molecule is N=C(c1ccc(Oc2cccc(OCc3cncs3)c2)cc1)c1c(N)ncnc1NCCCN1CCOCC1. The van der Waals surface area contributed by atoms with Gasteiger partial charge in [0.1, 0.15) is 41.8 Å². The van der Waals surface area contributed by atoms with E-state index < -0.39 is 0 Å². The van der Waals surface area contributed by atoms with Gasteiger partial charge in [0, 0.05) is 37.5 Å². The molecule has 0 atom stereocenters. The summed E-state index contributed by atoms with van der Waals surface area (Å²) in [6.07, 6.45) is 4.16. The Morgan fingerprint density at radius 3 is 2.69 bits per heavy atom. The first-order valence-electron chi connectivity index (χ1n) is 12.8. The topological polar surface area (TPSA) is 132 Å². The third kappa shape index (κ3) is 7.29. The maximum atomic E-state index is 8.84. The lowest BCUT2D eigenvalue weighted by atomic mass is 10.0. The highest BCUT2D eigenvalue weighted by atomic mass is 32.1. The molecule has 3 heterocycles. The standard InChI is InChI=1S/C28H31N7O3S/c29-26(25-27(30)33-18-34-28(25)32-9-2-10-35-11-13-36-14-12-35)20-5-7-21(8-6-20)38-23-4-1-3-22(15-23)37-17-24-16-31-19-39-24/h1,3-8,15-16,18-19,29H,2,9-14,17H2,(H3,30,32,33,34). The molecule has 0 amide bonds. The second-order valence-electron chi connectivity index (χ2n) is 8.95. The number of nitrogens with zero attached hydrogens (tertiary/aromatic N) is 4. The first-order chi connectivity index (χ1) is 19.2. The third-order valence-electron chi connectivity index (χ3n) is 6.22. The summed E-state index contributed by atoms with van der Waals surface area (Å²) in [6, 6.07) is 14.8. The Hall–Kier alpha value is -4.06. The molecule has 202 valence electrons. The zero-order valence-corrected chi connectivity index (χ0v) is 22.3. The minimum atomic E-state index is 0.244. The number of ether oxygens (including phenoxy) is 3. The smallest absolute Gasteiger partial charge is 0.141 e. The van der Waals surface area contributed by atoms with Gasteiger partial charge in [0.15, 0.2) is 0 Å². The summed E-state index contributed by atoms with van der Waals surface area (Å²) in [5, 5.41) is 12.2. The van der Waals surface area contributed by atoms with Crippen molar-refractivity contribution in [3.05, 3.63) is 82.6 Å². The van der Waals surface area contributed by atoms with Gasteiger partial charge in [-0.3, -0.25) is 15.3 Å². The molecule has 10 nitrogen and oxygen atoms in total. The van der Waals surface area contributed by atoms with Crippen LogP contribution < -0.4 is 20.5 Å². The summed E-state index contributed by atoms with van der Waals surface area (Å²) in [5.41, 5.74) is 9.39. The summed E-state index contributed by atoms with van der Waals surface area (Å²) < 4.78 is 17.3. The Bertz CT molecular complexity index is 1360. The van der Waals surface area contributed by atoms with Crippen LogP contribution >= 0.6 is 11.3 Å². The molecule has 4 aromatic rings. The van der Waals surface area contributed by atoms with E-state index in [0.29, 0.717) is 47.3 Å². The van der Waals surface area contributed by atoms with Crippen LogP contribution in [0.15, 0.2) is 66.6 Å². The second-order valence-corrected chi connectivity index (χ2v) is 9.92. The van der Waals surface area contributed by atoms with Gasteiger partial charge in [0.2, 0.25) is 0 Å². The molecule has 1 fully saturated rings. The maximum absolute atomic E-state index is 8.84.